The minimum Gasteiger partial charge on any atom is -0.494 e. The molecule has 0 atom stereocenters. The summed E-state index contributed by atoms with van der Waals surface area (Å²) in [7, 11) is 1.45. The first-order chi connectivity index (χ1) is 7.90. The van der Waals surface area contributed by atoms with E-state index in [9.17, 15) is 4.39 Å². The van der Waals surface area contributed by atoms with Crippen molar-refractivity contribution >= 4 is 0 Å². The largest absolute Gasteiger partial charge is 0.494 e. The van der Waals surface area contributed by atoms with Crippen LogP contribution >= 0.6 is 0 Å². The van der Waals surface area contributed by atoms with Gasteiger partial charge in [-0.2, -0.15) is 0 Å². The Morgan fingerprint density at radius 3 is 2.41 bits per heavy atom. The highest BCUT2D eigenvalue weighted by molar-refractivity contribution is 5.38. The van der Waals surface area contributed by atoms with Crippen molar-refractivity contribution in [1.82, 2.24) is 0 Å². The van der Waals surface area contributed by atoms with E-state index in [2.05, 4.69) is 0 Å². The van der Waals surface area contributed by atoms with Crippen molar-refractivity contribution in [2.75, 3.05) is 20.3 Å². The minimum absolute atomic E-state index is 0.249. The van der Waals surface area contributed by atoms with Crippen LogP contribution in [0.4, 0.5) is 4.39 Å². The molecule has 1 aliphatic heterocycles. The maximum Gasteiger partial charge on any atom is 0.165 e. The van der Waals surface area contributed by atoms with Crippen molar-refractivity contribution in [2.24, 2.45) is 5.73 Å². The van der Waals surface area contributed by atoms with Gasteiger partial charge in [-0.3, -0.25) is 0 Å². The first-order valence-corrected chi connectivity index (χ1v) is 5.61. The molecule has 3 nitrogen and oxygen atoms in total. The average molecular weight is 239 g/mol. The van der Waals surface area contributed by atoms with Crippen LogP contribution in [0.25, 0.3) is 0 Å². The van der Waals surface area contributed by atoms with E-state index in [0.717, 1.165) is 5.56 Å². The Balaban J connectivity index is 2.42. The van der Waals surface area contributed by atoms with E-state index in [1.54, 1.807) is 6.07 Å². The second-order valence-electron chi connectivity index (χ2n) is 5.15. The molecular formula is C13H18FNO2. The zero-order chi connectivity index (χ0) is 12.7. The molecule has 2 N–H and O–H groups in total. The topological polar surface area (TPSA) is 44.5 Å². The van der Waals surface area contributed by atoms with Gasteiger partial charge in [0, 0.05) is 5.54 Å². The Morgan fingerprint density at radius 1 is 1.41 bits per heavy atom. The van der Waals surface area contributed by atoms with E-state index in [-0.39, 0.29) is 17.0 Å². The molecule has 0 unspecified atom stereocenters. The van der Waals surface area contributed by atoms with Crippen molar-refractivity contribution in [3.05, 3.63) is 29.6 Å². The summed E-state index contributed by atoms with van der Waals surface area (Å²) in [5, 5.41) is 0. The van der Waals surface area contributed by atoms with Crippen LogP contribution in [0.3, 0.4) is 0 Å². The van der Waals surface area contributed by atoms with E-state index in [0.29, 0.717) is 13.2 Å². The summed E-state index contributed by atoms with van der Waals surface area (Å²) < 4.78 is 23.9. The van der Waals surface area contributed by atoms with Gasteiger partial charge in [0.05, 0.1) is 25.7 Å². The molecule has 0 aromatic heterocycles. The van der Waals surface area contributed by atoms with Crippen molar-refractivity contribution in [3.63, 3.8) is 0 Å². The van der Waals surface area contributed by atoms with E-state index < -0.39 is 5.54 Å². The van der Waals surface area contributed by atoms with Crippen LogP contribution in [-0.4, -0.2) is 25.9 Å². The van der Waals surface area contributed by atoms with Crippen LogP contribution in [0.5, 0.6) is 5.75 Å². The molecule has 2 rings (SSSR count). The third kappa shape index (κ3) is 1.81. The molecule has 1 aliphatic rings. The van der Waals surface area contributed by atoms with Gasteiger partial charge in [-0.15, -0.1) is 0 Å². The zero-order valence-electron chi connectivity index (χ0n) is 10.4. The van der Waals surface area contributed by atoms with Crippen molar-refractivity contribution in [3.8, 4) is 5.75 Å². The third-order valence-electron chi connectivity index (χ3n) is 3.63. The van der Waals surface area contributed by atoms with E-state index in [1.807, 2.05) is 19.9 Å². The van der Waals surface area contributed by atoms with Gasteiger partial charge < -0.3 is 15.2 Å². The fourth-order valence-electron chi connectivity index (χ4n) is 2.18. The van der Waals surface area contributed by atoms with Crippen LogP contribution < -0.4 is 10.5 Å². The Labute approximate surface area is 101 Å². The van der Waals surface area contributed by atoms with Gasteiger partial charge in [-0.1, -0.05) is 6.07 Å². The molecule has 0 aliphatic carbocycles. The maximum absolute atomic E-state index is 13.7. The SMILES string of the molecule is COc1ccc(C2(C(C)(C)N)COC2)cc1F. The highest BCUT2D eigenvalue weighted by Gasteiger charge is 2.50. The molecule has 0 saturated carbocycles. The third-order valence-corrected chi connectivity index (χ3v) is 3.63. The Hall–Kier alpha value is -1.13. The second-order valence-corrected chi connectivity index (χ2v) is 5.15. The number of halogens is 1. The van der Waals surface area contributed by atoms with Crippen LogP contribution in [0.15, 0.2) is 18.2 Å². The van der Waals surface area contributed by atoms with Crippen molar-refractivity contribution in [2.45, 2.75) is 24.8 Å². The van der Waals surface area contributed by atoms with Crippen LogP contribution in [0.1, 0.15) is 19.4 Å². The smallest absolute Gasteiger partial charge is 0.165 e. The molecule has 1 heterocycles. The van der Waals surface area contributed by atoms with Gasteiger partial charge in [0.25, 0.3) is 0 Å². The molecule has 0 spiro atoms. The number of nitrogens with two attached hydrogens (primary N) is 1. The van der Waals surface area contributed by atoms with Gasteiger partial charge in [0.15, 0.2) is 11.6 Å². The second kappa shape index (κ2) is 3.96. The molecular weight excluding hydrogens is 221 g/mol. The summed E-state index contributed by atoms with van der Waals surface area (Å²) in [6.07, 6.45) is 0. The lowest BCUT2D eigenvalue weighted by atomic mass is 9.66. The summed E-state index contributed by atoms with van der Waals surface area (Å²) in [5.74, 6) is -0.112. The summed E-state index contributed by atoms with van der Waals surface area (Å²) >= 11 is 0. The zero-order valence-corrected chi connectivity index (χ0v) is 10.4. The van der Waals surface area contributed by atoms with Gasteiger partial charge in [0.2, 0.25) is 0 Å². The van der Waals surface area contributed by atoms with Crippen molar-refractivity contribution < 1.29 is 13.9 Å². The van der Waals surface area contributed by atoms with Crippen LogP contribution in [0, 0.1) is 5.82 Å². The van der Waals surface area contributed by atoms with Gasteiger partial charge in [-0.05, 0) is 31.5 Å². The summed E-state index contributed by atoms with van der Waals surface area (Å²) in [5.41, 5.74) is 6.31. The molecule has 1 aromatic rings. The fourth-order valence-corrected chi connectivity index (χ4v) is 2.18. The number of methoxy groups -OCH3 is 1. The molecule has 0 radical (unpaired) electrons. The van der Waals surface area contributed by atoms with Crippen LogP contribution in [0.2, 0.25) is 0 Å². The molecule has 17 heavy (non-hydrogen) atoms. The normalized spacial score (nSPS) is 18.6. The Morgan fingerprint density at radius 2 is 2.06 bits per heavy atom. The number of hydrogen-bond donors (Lipinski definition) is 1. The number of rotatable bonds is 3. The predicted molar refractivity (Wildman–Crippen MR) is 63.7 cm³/mol. The molecule has 1 saturated heterocycles. The highest BCUT2D eigenvalue weighted by atomic mass is 19.1. The van der Waals surface area contributed by atoms with Gasteiger partial charge >= 0.3 is 0 Å². The minimum atomic E-state index is -0.452. The Kier molecular flexibility index (Phi) is 2.87. The van der Waals surface area contributed by atoms with E-state index in [4.69, 9.17) is 15.2 Å². The summed E-state index contributed by atoms with van der Waals surface area (Å²) in [6, 6.07) is 4.99. The maximum atomic E-state index is 13.7. The van der Waals surface area contributed by atoms with E-state index in [1.165, 1.54) is 13.2 Å². The van der Waals surface area contributed by atoms with Gasteiger partial charge in [-0.25, -0.2) is 4.39 Å². The van der Waals surface area contributed by atoms with Gasteiger partial charge in [0.1, 0.15) is 0 Å². The number of benzene rings is 1. The highest BCUT2D eigenvalue weighted by Crippen LogP contribution is 2.41. The molecule has 0 bridgehead atoms. The first kappa shape index (κ1) is 12.3. The number of hydrogen-bond acceptors (Lipinski definition) is 3. The Bertz CT molecular complexity index is 422. The quantitative estimate of drug-likeness (QED) is 0.875. The lowest BCUT2D eigenvalue weighted by Gasteiger charge is -2.51. The molecule has 1 fully saturated rings. The van der Waals surface area contributed by atoms with E-state index >= 15 is 0 Å². The molecule has 0 amide bonds. The average Bonchev–Trinajstić information content (AvgIpc) is 2.13. The predicted octanol–water partition coefficient (Wildman–Crippen LogP) is 1.84. The summed E-state index contributed by atoms with van der Waals surface area (Å²) in [6.45, 7) is 4.94. The summed E-state index contributed by atoms with van der Waals surface area (Å²) in [4.78, 5) is 0. The fraction of sp³-hybridized carbons (Fsp3) is 0.538. The monoisotopic (exact) mass is 239 g/mol. The lowest BCUT2D eigenvalue weighted by molar-refractivity contribution is -0.0920. The molecule has 94 valence electrons. The standard InChI is InChI=1S/C13H18FNO2/c1-12(2,15)13(7-17-8-13)9-4-5-11(16-3)10(14)6-9/h4-6H,7-8,15H2,1-3H3. The van der Waals surface area contributed by atoms with Crippen molar-refractivity contribution in [1.29, 1.82) is 0 Å². The molecule has 4 heteroatoms. The van der Waals surface area contributed by atoms with Crippen LogP contribution in [-0.2, 0) is 10.2 Å². The first-order valence-electron chi connectivity index (χ1n) is 5.61. The molecule has 1 aromatic carbocycles. The number of ether oxygens (including phenoxy) is 2. The lowest BCUT2D eigenvalue weighted by Crippen LogP contribution is -2.64.